The molecule has 0 aromatic carbocycles. The van der Waals surface area contributed by atoms with E-state index >= 15 is 0 Å². The van der Waals surface area contributed by atoms with Gasteiger partial charge in [0.2, 0.25) is 0 Å². The molecule has 1 N–H and O–H groups in total. The van der Waals surface area contributed by atoms with Crippen LogP contribution in [0.25, 0.3) is 0 Å². The van der Waals surface area contributed by atoms with E-state index in [-0.39, 0.29) is 24.1 Å². The maximum atomic E-state index is 12.3. The van der Waals surface area contributed by atoms with Crippen LogP contribution in [0.15, 0.2) is 22.8 Å². The normalized spacial score (nSPS) is 13.9. The lowest BCUT2D eigenvalue weighted by molar-refractivity contribution is -0.0000276. The highest BCUT2D eigenvalue weighted by molar-refractivity contribution is 7.17. The van der Waals surface area contributed by atoms with E-state index in [2.05, 4.69) is 24.1 Å². The van der Waals surface area contributed by atoms with Gasteiger partial charge in [-0.25, -0.2) is 4.79 Å². The van der Waals surface area contributed by atoms with E-state index in [1.54, 1.807) is 12.1 Å². The largest absolute Gasteiger partial charge is 1.00 e. The van der Waals surface area contributed by atoms with Crippen LogP contribution in [0.3, 0.4) is 0 Å². The number of anilines is 1. The minimum Gasteiger partial charge on any atom is -1.00 e. The third-order valence-corrected chi connectivity index (χ3v) is 5.31. The highest BCUT2D eigenvalue weighted by atomic mass is 35.5. The fraction of sp³-hybridized carbons (Fsp3) is 0.412. The summed E-state index contributed by atoms with van der Waals surface area (Å²) in [7, 11) is 1.35. The van der Waals surface area contributed by atoms with E-state index in [1.165, 1.54) is 24.7 Å². The van der Waals surface area contributed by atoms with E-state index in [1.807, 2.05) is 0 Å². The monoisotopic (exact) mass is 383 g/mol. The molecule has 1 aliphatic heterocycles. The smallest absolute Gasteiger partial charge is 0.341 e. The molecule has 136 valence electrons. The molecule has 0 saturated carbocycles. The van der Waals surface area contributed by atoms with Crippen LogP contribution in [0.2, 0.25) is 0 Å². The average Bonchev–Trinajstić information content (AvgIpc) is 3.20. The molecule has 0 radical (unpaired) electrons. The lowest BCUT2D eigenvalue weighted by Crippen LogP contribution is -3.00. The van der Waals surface area contributed by atoms with Crippen LogP contribution in [0.5, 0.6) is 0 Å². The Labute approximate surface area is 156 Å². The van der Waals surface area contributed by atoms with E-state index in [0.29, 0.717) is 16.6 Å². The molecule has 3 rings (SSSR count). The molecule has 0 spiro atoms. The van der Waals surface area contributed by atoms with Gasteiger partial charge in [0.15, 0.2) is 5.76 Å². The van der Waals surface area contributed by atoms with E-state index in [9.17, 15) is 9.59 Å². The molecule has 8 heteroatoms. The zero-order chi connectivity index (χ0) is 17.3. The second kappa shape index (κ2) is 8.03. The predicted molar refractivity (Wildman–Crippen MR) is 91.6 cm³/mol. The standard InChI is InChI=1S/C17H20N2O4S.ClH/c1-10(2)19-7-6-11-13(9-19)24-16(14(11)17(21)22-3)18-15(20)12-5-4-8-23-12;/h4-5,8,10H,6-7,9H2,1-3H3,(H,18,20);1H/p-1. The topological polar surface area (TPSA) is 71.8 Å². The summed E-state index contributed by atoms with van der Waals surface area (Å²) in [5.74, 6) is -0.578. The van der Waals surface area contributed by atoms with Gasteiger partial charge in [-0.3, -0.25) is 9.69 Å². The highest BCUT2D eigenvalue weighted by Gasteiger charge is 2.30. The van der Waals surface area contributed by atoms with Crippen molar-refractivity contribution >= 4 is 28.2 Å². The van der Waals surface area contributed by atoms with Gasteiger partial charge in [-0.1, -0.05) is 0 Å². The fourth-order valence-electron chi connectivity index (χ4n) is 2.84. The molecule has 0 unspecified atom stereocenters. The molecule has 3 heterocycles. The molecule has 0 saturated heterocycles. The minimum atomic E-state index is -0.416. The third kappa shape index (κ3) is 3.89. The van der Waals surface area contributed by atoms with Crippen molar-refractivity contribution in [2.45, 2.75) is 32.9 Å². The molecule has 1 amide bonds. The molecule has 2 aromatic rings. The van der Waals surface area contributed by atoms with Gasteiger partial charge in [-0.15, -0.1) is 11.3 Å². The Hall–Kier alpha value is -1.83. The summed E-state index contributed by atoms with van der Waals surface area (Å²) in [6.45, 7) is 5.97. The quantitative estimate of drug-likeness (QED) is 0.761. The number of carbonyl (C=O) groups excluding carboxylic acids is 2. The Morgan fingerprint density at radius 1 is 1.40 bits per heavy atom. The minimum absolute atomic E-state index is 0. The number of halogens is 1. The summed E-state index contributed by atoms with van der Waals surface area (Å²) in [6.07, 6.45) is 2.21. The van der Waals surface area contributed by atoms with Crippen molar-refractivity contribution in [3.05, 3.63) is 40.2 Å². The number of nitrogens with one attached hydrogen (secondary N) is 1. The first-order chi connectivity index (χ1) is 11.5. The van der Waals surface area contributed by atoms with Gasteiger partial charge in [0.1, 0.15) is 5.00 Å². The molecule has 0 aliphatic carbocycles. The first-order valence-corrected chi connectivity index (χ1v) is 8.64. The first kappa shape index (κ1) is 19.5. The summed E-state index contributed by atoms with van der Waals surface area (Å²) >= 11 is 1.44. The summed E-state index contributed by atoms with van der Waals surface area (Å²) < 4.78 is 10.0. The van der Waals surface area contributed by atoms with Crippen LogP contribution in [0, 0.1) is 0 Å². The number of hydrogen-bond acceptors (Lipinski definition) is 6. The molecule has 0 fully saturated rings. The zero-order valence-corrected chi connectivity index (χ0v) is 15.9. The van der Waals surface area contributed by atoms with Gasteiger partial charge in [-0.05, 0) is 38.0 Å². The zero-order valence-electron chi connectivity index (χ0n) is 14.3. The number of furan rings is 1. The molecule has 0 bridgehead atoms. The van der Waals surface area contributed by atoms with Gasteiger partial charge < -0.3 is 26.9 Å². The summed E-state index contributed by atoms with van der Waals surface area (Å²) in [5, 5.41) is 3.32. The van der Waals surface area contributed by atoms with Crippen LogP contribution in [-0.2, 0) is 17.7 Å². The molecular formula is C17H20ClN2O4S-. The predicted octanol–water partition coefficient (Wildman–Crippen LogP) is 0.151. The van der Waals surface area contributed by atoms with Crippen molar-refractivity contribution in [2.75, 3.05) is 19.0 Å². The number of ether oxygens (including phenoxy) is 1. The van der Waals surface area contributed by atoms with E-state index in [4.69, 9.17) is 9.15 Å². The van der Waals surface area contributed by atoms with Gasteiger partial charge in [0, 0.05) is 24.0 Å². The Morgan fingerprint density at radius 2 is 2.16 bits per heavy atom. The van der Waals surface area contributed by atoms with E-state index in [0.717, 1.165) is 30.0 Å². The number of carbonyl (C=O) groups is 2. The number of fused-ring (bicyclic) bond motifs is 1. The Bertz CT molecular complexity index is 755. The summed E-state index contributed by atoms with van der Waals surface area (Å²) in [6, 6.07) is 3.67. The van der Waals surface area contributed by atoms with E-state index < -0.39 is 5.97 Å². The van der Waals surface area contributed by atoms with Gasteiger partial charge in [0.05, 0.1) is 18.9 Å². The van der Waals surface area contributed by atoms with Crippen molar-refractivity contribution in [3.63, 3.8) is 0 Å². The lowest BCUT2D eigenvalue weighted by atomic mass is 10.0. The molecule has 6 nitrogen and oxygen atoms in total. The molecule has 0 atom stereocenters. The van der Waals surface area contributed by atoms with Crippen LogP contribution >= 0.6 is 11.3 Å². The number of esters is 1. The van der Waals surface area contributed by atoms with Gasteiger partial charge in [0.25, 0.3) is 5.91 Å². The number of rotatable bonds is 4. The van der Waals surface area contributed by atoms with Crippen LogP contribution in [0.1, 0.15) is 45.2 Å². The molecule has 2 aromatic heterocycles. The van der Waals surface area contributed by atoms with Crippen LogP contribution in [0.4, 0.5) is 5.00 Å². The molecule has 1 aliphatic rings. The maximum absolute atomic E-state index is 12.3. The van der Waals surface area contributed by atoms with Crippen molar-refractivity contribution in [1.29, 1.82) is 0 Å². The number of thiophene rings is 1. The number of methoxy groups -OCH3 is 1. The second-order valence-corrected chi connectivity index (χ2v) is 7.05. The Balaban J connectivity index is 0.00000225. The summed E-state index contributed by atoms with van der Waals surface area (Å²) in [5.41, 5.74) is 1.46. The Morgan fingerprint density at radius 3 is 2.76 bits per heavy atom. The van der Waals surface area contributed by atoms with Gasteiger partial charge in [-0.2, -0.15) is 0 Å². The molecular weight excluding hydrogens is 364 g/mol. The summed E-state index contributed by atoms with van der Waals surface area (Å²) in [4.78, 5) is 28.0. The fourth-order valence-corrected chi connectivity index (χ4v) is 4.10. The van der Waals surface area contributed by atoms with Crippen molar-refractivity contribution in [1.82, 2.24) is 4.90 Å². The highest BCUT2D eigenvalue weighted by Crippen LogP contribution is 2.38. The molecule has 25 heavy (non-hydrogen) atoms. The van der Waals surface area contributed by atoms with Crippen molar-refractivity contribution in [2.24, 2.45) is 0 Å². The van der Waals surface area contributed by atoms with Crippen LogP contribution in [-0.4, -0.2) is 36.5 Å². The number of hydrogen-bond donors (Lipinski definition) is 1. The Kier molecular flexibility index (Phi) is 6.26. The average molecular weight is 384 g/mol. The van der Waals surface area contributed by atoms with Crippen LogP contribution < -0.4 is 17.7 Å². The van der Waals surface area contributed by atoms with Crippen molar-refractivity contribution < 1.29 is 31.2 Å². The lowest BCUT2D eigenvalue weighted by Gasteiger charge is -2.30. The third-order valence-electron chi connectivity index (χ3n) is 4.18. The second-order valence-electron chi connectivity index (χ2n) is 5.95. The first-order valence-electron chi connectivity index (χ1n) is 7.83. The SMILES string of the molecule is COC(=O)c1c(NC(=O)c2ccco2)sc2c1CCN(C(C)C)C2.[Cl-]. The maximum Gasteiger partial charge on any atom is 0.341 e. The van der Waals surface area contributed by atoms with Crippen molar-refractivity contribution in [3.8, 4) is 0 Å². The van der Waals surface area contributed by atoms with Gasteiger partial charge >= 0.3 is 5.97 Å². The number of nitrogens with zero attached hydrogens (tertiary/aromatic N) is 1. The number of amides is 1.